The fourth-order valence-corrected chi connectivity index (χ4v) is 4.14. The summed E-state index contributed by atoms with van der Waals surface area (Å²) < 4.78 is 27.5. The smallest absolute Gasteiger partial charge is 0.243 e. The number of rotatable bonds is 6. The second kappa shape index (κ2) is 7.92. The van der Waals surface area contributed by atoms with Crippen LogP contribution in [0.25, 0.3) is 0 Å². The Hall–Kier alpha value is -1.70. The van der Waals surface area contributed by atoms with Gasteiger partial charge in [-0.15, -0.1) is 0 Å². The standard InChI is InChI=1S/C17H24N4O2S/c22-24(23,16-12-18-19-13-16)20-14-17(15-8-4-3-5-9-15)21-10-6-1-2-7-11-21/h3-5,8-9,12-13,17,20H,1-2,6-7,10-11,14H2,(H,18,19). The molecule has 2 heterocycles. The molecule has 0 saturated carbocycles. The Morgan fingerprint density at radius 1 is 1.12 bits per heavy atom. The summed E-state index contributed by atoms with van der Waals surface area (Å²) >= 11 is 0. The molecule has 1 aromatic heterocycles. The first-order valence-electron chi connectivity index (χ1n) is 8.44. The summed E-state index contributed by atoms with van der Waals surface area (Å²) in [7, 11) is -3.54. The molecule has 1 saturated heterocycles. The van der Waals surface area contributed by atoms with Crippen molar-refractivity contribution < 1.29 is 8.42 Å². The van der Waals surface area contributed by atoms with E-state index in [9.17, 15) is 8.42 Å². The van der Waals surface area contributed by atoms with Gasteiger partial charge in [0, 0.05) is 18.8 Å². The van der Waals surface area contributed by atoms with Gasteiger partial charge in [-0.1, -0.05) is 43.2 Å². The van der Waals surface area contributed by atoms with Gasteiger partial charge in [-0.05, 0) is 31.5 Å². The molecule has 6 nitrogen and oxygen atoms in total. The lowest BCUT2D eigenvalue weighted by atomic mass is 10.1. The van der Waals surface area contributed by atoms with Crippen LogP contribution < -0.4 is 4.72 Å². The fourth-order valence-electron chi connectivity index (χ4n) is 3.20. The third kappa shape index (κ3) is 4.23. The molecule has 1 aliphatic heterocycles. The van der Waals surface area contributed by atoms with E-state index >= 15 is 0 Å². The highest BCUT2D eigenvalue weighted by Crippen LogP contribution is 2.24. The van der Waals surface area contributed by atoms with Crippen molar-refractivity contribution in [1.82, 2.24) is 19.8 Å². The van der Waals surface area contributed by atoms with E-state index in [1.165, 1.54) is 25.2 Å². The Kier molecular flexibility index (Phi) is 5.65. The third-order valence-corrected chi connectivity index (χ3v) is 5.91. The van der Waals surface area contributed by atoms with E-state index in [0.717, 1.165) is 31.5 Å². The molecule has 1 aromatic carbocycles. The molecular formula is C17H24N4O2S. The summed E-state index contributed by atoms with van der Waals surface area (Å²) in [5.74, 6) is 0. The molecule has 0 amide bonds. The summed E-state index contributed by atoms with van der Waals surface area (Å²) in [5, 5.41) is 6.27. The molecule has 1 atom stereocenters. The molecule has 3 rings (SSSR count). The summed E-state index contributed by atoms with van der Waals surface area (Å²) in [4.78, 5) is 2.57. The first-order chi connectivity index (χ1) is 11.7. The largest absolute Gasteiger partial charge is 0.295 e. The van der Waals surface area contributed by atoms with Crippen LogP contribution in [0.2, 0.25) is 0 Å². The molecule has 130 valence electrons. The molecule has 2 aromatic rings. The Morgan fingerprint density at radius 2 is 1.83 bits per heavy atom. The molecule has 0 bridgehead atoms. The van der Waals surface area contributed by atoms with E-state index in [2.05, 4.69) is 32.0 Å². The lowest BCUT2D eigenvalue weighted by Crippen LogP contribution is -2.38. The van der Waals surface area contributed by atoms with Crippen molar-refractivity contribution in [3.05, 3.63) is 48.3 Å². The number of sulfonamides is 1. The molecule has 0 aliphatic carbocycles. The van der Waals surface area contributed by atoms with Crippen LogP contribution in [-0.4, -0.2) is 43.1 Å². The van der Waals surface area contributed by atoms with Crippen molar-refractivity contribution in [2.24, 2.45) is 0 Å². The quantitative estimate of drug-likeness (QED) is 0.840. The Balaban J connectivity index is 1.77. The van der Waals surface area contributed by atoms with Crippen LogP contribution in [0, 0.1) is 0 Å². The minimum Gasteiger partial charge on any atom is -0.295 e. The van der Waals surface area contributed by atoms with Gasteiger partial charge in [-0.2, -0.15) is 5.10 Å². The maximum absolute atomic E-state index is 12.4. The van der Waals surface area contributed by atoms with Gasteiger partial charge in [0.2, 0.25) is 10.0 Å². The Morgan fingerprint density at radius 3 is 2.46 bits per heavy atom. The minimum absolute atomic E-state index is 0.0472. The zero-order valence-electron chi connectivity index (χ0n) is 13.7. The molecule has 1 unspecified atom stereocenters. The second-order valence-electron chi connectivity index (χ2n) is 6.16. The van der Waals surface area contributed by atoms with E-state index in [4.69, 9.17) is 0 Å². The predicted octanol–water partition coefficient (Wildman–Crippen LogP) is 2.31. The van der Waals surface area contributed by atoms with Crippen molar-refractivity contribution in [3.63, 3.8) is 0 Å². The molecule has 2 N–H and O–H groups in total. The maximum Gasteiger partial charge on any atom is 0.243 e. The Labute approximate surface area is 143 Å². The number of hydrogen-bond donors (Lipinski definition) is 2. The van der Waals surface area contributed by atoms with Gasteiger partial charge >= 0.3 is 0 Å². The average molecular weight is 348 g/mol. The first kappa shape index (κ1) is 17.1. The number of H-pyrrole nitrogens is 1. The predicted molar refractivity (Wildman–Crippen MR) is 93.0 cm³/mol. The summed E-state index contributed by atoms with van der Waals surface area (Å²) in [6.45, 7) is 2.37. The van der Waals surface area contributed by atoms with Crippen LogP contribution in [0.3, 0.4) is 0 Å². The highest BCUT2D eigenvalue weighted by atomic mass is 32.2. The zero-order chi connectivity index (χ0) is 16.8. The van der Waals surface area contributed by atoms with Crippen LogP contribution in [0.15, 0.2) is 47.6 Å². The van der Waals surface area contributed by atoms with Crippen LogP contribution in [0.1, 0.15) is 37.3 Å². The average Bonchev–Trinajstić information content (AvgIpc) is 3.02. The van der Waals surface area contributed by atoms with Crippen LogP contribution >= 0.6 is 0 Å². The van der Waals surface area contributed by atoms with Crippen molar-refractivity contribution in [3.8, 4) is 0 Å². The number of likely N-dealkylation sites (tertiary alicyclic amines) is 1. The lowest BCUT2D eigenvalue weighted by Gasteiger charge is -2.31. The summed E-state index contributed by atoms with van der Waals surface area (Å²) in [5.41, 5.74) is 1.15. The molecule has 7 heteroatoms. The SMILES string of the molecule is O=S(=O)(NCC(c1ccccc1)N1CCCCCC1)c1cn[nH]c1. The van der Waals surface area contributed by atoms with Crippen molar-refractivity contribution in [2.75, 3.05) is 19.6 Å². The molecule has 0 radical (unpaired) electrons. The van der Waals surface area contributed by atoms with E-state index in [-0.39, 0.29) is 10.9 Å². The van der Waals surface area contributed by atoms with Gasteiger partial charge < -0.3 is 0 Å². The van der Waals surface area contributed by atoms with Crippen LogP contribution in [0.4, 0.5) is 0 Å². The number of benzene rings is 1. The lowest BCUT2D eigenvalue weighted by molar-refractivity contribution is 0.206. The highest BCUT2D eigenvalue weighted by Gasteiger charge is 2.24. The normalized spacial score (nSPS) is 18.2. The van der Waals surface area contributed by atoms with E-state index < -0.39 is 10.0 Å². The molecular weight excluding hydrogens is 324 g/mol. The topological polar surface area (TPSA) is 78.1 Å². The Bertz CT molecular complexity index is 708. The second-order valence-corrected chi connectivity index (χ2v) is 7.93. The third-order valence-electron chi connectivity index (χ3n) is 4.52. The maximum atomic E-state index is 12.4. The van der Waals surface area contributed by atoms with E-state index in [1.54, 1.807) is 0 Å². The van der Waals surface area contributed by atoms with Gasteiger partial charge in [0.05, 0.1) is 6.20 Å². The first-order valence-corrected chi connectivity index (χ1v) is 9.92. The molecule has 1 fully saturated rings. The van der Waals surface area contributed by atoms with Crippen molar-refractivity contribution in [2.45, 2.75) is 36.6 Å². The van der Waals surface area contributed by atoms with Crippen molar-refractivity contribution in [1.29, 1.82) is 0 Å². The van der Waals surface area contributed by atoms with Crippen molar-refractivity contribution >= 4 is 10.0 Å². The van der Waals surface area contributed by atoms with Crippen LogP contribution in [0.5, 0.6) is 0 Å². The van der Waals surface area contributed by atoms with Gasteiger partial charge in [-0.25, -0.2) is 13.1 Å². The summed E-state index contributed by atoms with van der Waals surface area (Å²) in [6.07, 6.45) is 7.55. The molecule has 0 spiro atoms. The zero-order valence-corrected chi connectivity index (χ0v) is 14.5. The van der Waals surface area contributed by atoms with Gasteiger partial charge in [0.1, 0.15) is 4.90 Å². The number of aromatic nitrogens is 2. The number of nitrogens with zero attached hydrogens (tertiary/aromatic N) is 2. The van der Waals surface area contributed by atoms with Crippen LogP contribution in [-0.2, 0) is 10.0 Å². The molecule has 1 aliphatic rings. The minimum atomic E-state index is -3.54. The number of hydrogen-bond acceptors (Lipinski definition) is 4. The van der Waals surface area contributed by atoms with Gasteiger partial charge in [0.15, 0.2) is 0 Å². The number of nitrogens with one attached hydrogen (secondary N) is 2. The summed E-state index contributed by atoms with van der Waals surface area (Å²) in [6, 6.07) is 10.2. The highest BCUT2D eigenvalue weighted by molar-refractivity contribution is 7.89. The fraction of sp³-hybridized carbons (Fsp3) is 0.471. The van der Waals surface area contributed by atoms with Gasteiger partial charge in [-0.3, -0.25) is 10.00 Å². The van der Waals surface area contributed by atoms with E-state index in [1.807, 2.05) is 18.2 Å². The molecule has 24 heavy (non-hydrogen) atoms. The monoisotopic (exact) mass is 348 g/mol. The number of aromatic amines is 1. The van der Waals surface area contributed by atoms with E-state index in [0.29, 0.717) is 6.54 Å². The van der Waals surface area contributed by atoms with Gasteiger partial charge in [0.25, 0.3) is 0 Å².